The van der Waals surface area contributed by atoms with Gasteiger partial charge in [0.25, 0.3) is 5.91 Å². The third kappa shape index (κ3) is 2.35. The zero-order valence-corrected chi connectivity index (χ0v) is 9.59. The number of rotatable bonds is 2. The van der Waals surface area contributed by atoms with Crippen molar-refractivity contribution in [3.05, 3.63) is 16.6 Å². The van der Waals surface area contributed by atoms with E-state index in [0.29, 0.717) is 11.7 Å². The van der Waals surface area contributed by atoms with Crippen LogP contribution in [0.3, 0.4) is 0 Å². The molecule has 0 saturated carbocycles. The van der Waals surface area contributed by atoms with Crippen LogP contribution in [0.2, 0.25) is 0 Å². The van der Waals surface area contributed by atoms with E-state index >= 15 is 0 Å². The summed E-state index contributed by atoms with van der Waals surface area (Å²) in [5.74, 6) is 0.0446. The first-order chi connectivity index (χ1) is 7.29. The molecule has 5 heteroatoms. The molecule has 1 aromatic rings. The van der Waals surface area contributed by atoms with Gasteiger partial charge in [-0.1, -0.05) is 0 Å². The molecule has 2 rings (SSSR count). The van der Waals surface area contributed by atoms with Gasteiger partial charge in [0.15, 0.2) is 0 Å². The first-order valence-electron chi connectivity index (χ1n) is 5.15. The average molecular weight is 225 g/mol. The van der Waals surface area contributed by atoms with Gasteiger partial charge in [0, 0.05) is 18.5 Å². The van der Waals surface area contributed by atoms with Crippen LogP contribution in [0.4, 0.5) is 0 Å². The van der Waals surface area contributed by atoms with Crippen LogP contribution in [0.15, 0.2) is 10.9 Å². The number of thiazole rings is 1. The van der Waals surface area contributed by atoms with Crippen molar-refractivity contribution in [2.24, 2.45) is 0 Å². The second-order valence-corrected chi connectivity index (χ2v) is 4.49. The van der Waals surface area contributed by atoms with Crippen molar-refractivity contribution in [1.29, 1.82) is 0 Å². The fourth-order valence-electron chi connectivity index (χ4n) is 1.86. The highest BCUT2D eigenvalue weighted by Crippen LogP contribution is 2.13. The summed E-state index contributed by atoms with van der Waals surface area (Å²) in [6.45, 7) is 2.00. The number of amides is 1. The Labute approximate surface area is 93.3 Å². The summed E-state index contributed by atoms with van der Waals surface area (Å²) in [7, 11) is 1.87. The van der Waals surface area contributed by atoms with Crippen LogP contribution >= 0.6 is 11.3 Å². The highest BCUT2D eigenvalue weighted by atomic mass is 32.1. The van der Waals surface area contributed by atoms with E-state index < -0.39 is 0 Å². The lowest BCUT2D eigenvalue weighted by atomic mass is 10.1. The molecule has 1 aromatic heterocycles. The largest absolute Gasteiger partial charge is 0.337 e. The monoisotopic (exact) mass is 225 g/mol. The van der Waals surface area contributed by atoms with Crippen LogP contribution < -0.4 is 5.32 Å². The molecule has 0 radical (unpaired) electrons. The minimum absolute atomic E-state index is 0.0446. The fourth-order valence-corrected chi connectivity index (χ4v) is 2.38. The zero-order valence-electron chi connectivity index (χ0n) is 8.77. The van der Waals surface area contributed by atoms with Gasteiger partial charge in [-0.3, -0.25) is 4.79 Å². The van der Waals surface area contributed by atoms with Crippen molar-refractivity contribution in [3.63, 3.8) is 0 Å². The molecule has 1 N–H and O–H groups in total. The summed E-state index contributed by atoms with van der Waals surface area (Å²) < 4.78 is 0. The Balaban J connectivity index is 2.00. The maximum atomic E-state index is 12.0. The van der Waals surface area contributed by atoms with E-state index in [4.69, 9.17) is 0 Å². The molecular weight excluding hydrogens is 210 g/mol. The van der Waals surface area contributed by atoms with Crippen LogP contribution in [0.25, 0.3) is 0 Å². The summed E-state index contributed by atoms with van der Waals surface area (Å²) >= 11 is 1.46. The summed E-state index contributed by atoms with van der Waals surface area (Å²) in [5, 5.41) is 5.10. The minimum atomic E-state index is 0.0446. The van der Waals surface area contributed by atoms with Crippen LogP contribution in [0, 0.1) is 0 Å². The molecule has 1 fully saturated rings. The Bertz CT molecular complexity index is 319. The van der Waals surface area contributed by atoms with Crippen LogP contribution in [-0.2, 0) is 0 Å². The predicted molar refractivity (Wildman–Crippen MR) is 60.1 cm³/mol. The highest BCUT2D eigenvalue weighted by molar-refractivity contribution is 7.07. The number of nitrogens with one attached hydrogen (secondary N) is 1. The molecule has 0 aliphatic carbocycles. The number of carbonyl (C=O) groups excluding carboxylic acids is 1. The van der Waals surface area contributed by atoms with Gasteiger partial charge in [0.05, 0.1) is 5.51 Å². The number of carbonyl (C=O) groups is 1. The van der Waals surface area contributed by atoms with Gasteiger partial charge in [-0.2, -0.15) is 0 Å². The minimum Gasteiger partial charge on any atom is -0.337 e. The molecule has 1 amide bonds. The number of nitrogens with zero attached hydrogens (tertiary/aromatic N) is 2. The average Bonchev–Trinajstić information content (AvgIpc) is 2.82. The number of aromatic nitrogens is 1. The molecule has 0 bridgehead atoms. The van der Waals surface area contributed by atoms with Crippen molar-refractivity contribution in [3.8, 4) is 0 Å². The van der Waals surface area contributed by atoms with E-state index in [-0.39, 0.29) is 5.91 Å². The van der Waals surface area contributed by atoms with E-state index in [9.17, 15) is 4.79 Å². The predicted octanol–water partition coefficient (Wildman–Crippen LogP) is 0.967. The summed E-state index contributed by atoms with van der Waals surface area (Å²) in [5.41, 5.74) is 2.27. The number of hydrogen-bond acceptors (Lipinski definition) is 4. The van der Waals surface area contributed by atoms with Gasteiger partial charge in [0.2, 0.25) is 0 Å². The van der Waals surface area contributed by atoms with E-state index in [2.05, 4.69) is 10.3 Å². The number of hydrogen-bond donors (Lipinski definition) is 1. The normalized spacial score (nSPS) is 17.7. The quantitative estimate of drug-likeness (QED) is 0.815. The molecule has 1 aliphatic rings. The van der Waals surface area contributed by atoms with E-state index in [0.717, 1.165) is 25.9 Å². The first-order valence-corrected chi connectivity index (χ1v) is 6.09. The van der Waals surface area contributed by atoms with E-state index in [1.165, 1.54) is 11.3 Å². The summed E-state index contributed by atoms with van der Waals surface area (Å²) in [6, 6.07) is 0.362. The lowest BCUT2D eigenvalue weighted by molar-refractivity contribution is 0.0698. The molecule has 0 unspecified atom stereocenters. The van der Waals surface area contributed by atoms with Crippen molar-refractivity contribution < 1.29 is 4.79 Å². The Morgan fingerprint density at radius 2 is 2.33 bits per heavy atom. The maximum absolute atomic E-state index is 12.0. The molecule has 1 saturated heterocycles. The van der Waals surface area contributed by atoms with Crippen molar-refractivity contribution in [2.45, 2.75) is 18.9 Å². The molecule has 0 spiro atoms. The molecule has 4 nitrogen and oxygen atoms in total. The van der Waals surface area contributed by atoms with Crippen molar-refractivity contribution >= 4 is 17.2 Å². The van der Waals surface area contributed by atoms with Gasteiger partial charge in [-0.15, -0.1) is 11.3 Å². The smallest absolute Gasteiger partial charge is 0.273 e. The maximum Gasteiger partial charge on any atom is 0.273 e. The van der Waals surface area contributed by atoms with Gasteiger partial charge < -0.3 is 10.2 Å². The van der Waals surface area contributed by atoms with Crippen molar-refractivity contribution in [2.75, 3.05) is 20.1 Å². The van der Waals surface area contributed by atoms with Crippen LogP contribution in [-0.4, -0.2) is 42.0 Å². The lowest BCUT2D eigenvalue weighted by Gasteiger charge is -2.31. The highest BCUT2D eigenvalue weighted by Gasteiger charge is 2.23. The summed E-state index contributed by atoms with van der Waals surface area (Å²) in [6.07, 6.45) is 2.07. The third-order valence-corrected chi connectivity index (χ3v) is 3.41. The molecule has 1 aliphatic heterocycles. The lowest BCUT2D eigenvalue weighted by Crippen LogP contribution is -2.44. The Morgan fingerprint density at radius 1 is 1.60 bits per heavy atom. The summed E-state index contributed by atoms with van der Waals surface area (Å²) in [4.78, 5) is 17.8. The molecular formula is C10H15N3OS. The van der Waals surface area contributed by atoms with Gasteiger partial charge in [-0.25, -0.2) is 4.98 Å². The van der Waals surface area contributed by atoms with Gasteiger partial charge in [0.1, 0.15) is 5.69 Å². The zero-order chi connectivity index (χ0) is 10.7. The first kappa shape index (κ1) is 10.6. The van der Waals surface area contributed by atoms with Crippen LogP contribution in [0.5, 0.6) is 0 Å². The Kier molecular flexibility index (Phi) is 3.33. The van der Waals surface area contributed by atoms with Gasteiger partial charge >= 0.3 is 0 Å². The third-order valence-electron chi connectivity index (χ3n) is 2.83. The standard InChI is InChI=1S/C10H15N3OS/c1-13(8-2-4-11-5-3-8)10(14)9-6-15-7-12-9/h6-8,11H,2-5H2,1H3. The Morgan fingerprint density at radius 3 is 2.93 bits per heavy atom. The second-order valence-electron chi connectivity index (χ2n) is 3.77. The molecule has 0 aromatic carbocycles. The Hall–Kier alpha value is -0.940. The fraction of sp³-hybridized carbons (Fsp3) is 0.600. The van der Waals surface area contributed by atoms with Gasteiger partial charge in [-0.05, 0) is 25.9 Å². The SMILES string of the molecule is CN(C(=O)c1cscn1)C1CCNCC1. The van der Waals surface area contributed by atoms with E-state index in [1.54, 1.807) is 10.9 Å². The van der Waals surface area contributed by atoms with Crippen LogP contribution in [0.1, 0.15) is 23.3 Å². The molecule has 0 atom stereocenters. The molecule has 82 valence electrons. The number of piperidine rings is 1. The molecule has 2 heterocycles. The van der Waals surface area contributed by atoms with E-state index in [1.807, 2.05) is 11.9 Å². The topological polar surface area (TPSA) is 45.2 Å². The molecule has 15 heavy (non-hydrogen) atoms. The second kappa shape index (κ2) is 4.72. The van der Waals surface area contributed by atoms with Crippen molar-refractivity contribution in [1.82, 2.24) is 15.2 Å².